The van der Waals surface area contributed by atoms with E-state index < -0.39 is 34.2 Å². The molecule has 0 bridgehead atoms. The van der Waals surface area contributed by atoms with Crippen molar-refractivity contribution in [1.29, 1.82) is 0 Å². The SMILES string of the molecule is Cc1cc(NC(=O)c2cnc(NS(=O)(=O)CCO)cc2N2CCC3(CC2)CC3)nc(N2CCC(F)(F)CC2)n1. The van der Waals surface area contributed by atoms with Gasteiger partial charge in [-0.25, -0.2) is 27.2 Å². The minimum Gasteiger partial charge on any atom is -0.395 e. The average molecular weight is 566 g/mol. The van der Waals surface area contributed by atoms with Crippen LogP contribution in [0.5, 0.6) is 0 Å². The Morgan fingerprint density at radius 1 is 1.00 bits per heavy atom. The van der Waals surface area contributed by atoms with Crippen LogP contribution in [-0.4, -0.2) is 78.8 Å². The van der Waals surface area contributed by atoms with E-state index in [0.29, 0.717) is 16.8 Å². The maximum absolute atomic E-state index is 13.6. The predicted molar refractivity (Wildman–Crippen MR) is 143 cm³/mol. The van der Waals surface area contributed by atoms with Crippen LogP contribution in [0.4, 0.5) is 32.1 Å². The van der Waals surface area contributed by atoms with E-state index in [-0.39, 0.29) is 49.1 Å². The number of piperidine rings is 2. The third-order valence-electron chi connectivity index (χ3n) is 7.73. The van der Waals surface area contributed by atoms with Gasteiger partial charge in [-0.05, 0) is 38.0 Å². The number of hydrogen-bond acceptors (Lipinski definition) is 9. The van der Waals surface area contributed by atoms with E-state index in [4.69, 9.17) is 5.11 Å². The first kappa shape index (κ1) is 27.4. The molecule has 1 amide bonds. The molecule has 0 aromatic carbocycles. The number of aliphatic hydroxyl groups excluding tert-OH is 1. The number of carbonyl (C=O) groups excluding carboxylic acids is 1. The van der Waals surface area contributed by atoms with Crippen LogP contribution < -0.4 is 19.8 Å². The molecule has 3 N–H and O–H groups in total. The van der Waals surface area contributed by atoms with E-state index in [1.165, 1.54) is 19.0 Å². The molecule has 39 heavy (non-hydrogen) atoms. The Balaban J connectivity index is 1.39. The van der Waals surface area contributed by atoms with Gasteiger partial charge in [0.2, 0.25) is 16.0 Å². The molecule has 2 aromatic rings. The Hall–Kier alpha value is -3.13. The van der Waals surface area contributed by atoms with Crippen molar-refractivity contribution < 1.29 is 27.1 Å². The highest BCUT2D eigenvalue weighted by Crippen LogP contribution is 2.54. The van der Waals surface area contributed by atoms with Crippen LogP contribution in [0, 0.1) is 12.3 Å². The second-order valence-corrected chi connectivity index (χ2v) is 12.6. The van der Waals surface area contributed by atoms with Gasteiger partial charge in [0, 0.05) is 63.0 Å². The molecule has 1 spiro atoms. The van der Waals surface area contributed by atoms with Gasteiger partial charge in [-0.2, -0.15) is 4.98 Å². The van der Waals surface area contributed by atoms with E-state index >= 15 is 0 Å². The lowest BCUT2D eigenvalue weighted by Gasteiger charge is -2.35. The van der Waals surface area contributed by atoms with Gasteiger partial charge in [-0.3, -0.25) is 9.52 Å². The third-order valence-corrected chi connectivity index (χ3v) is 8.97. The van der Waals surface area contributed by atoms with E-state index in [9.17, 15) is 22.0 Å². The number of sulfonamides is 1. The first-order valence-corrected chi connectivity index (χ1v) is 14.8. The number of carbonyl (C=O) groups is 1. The smallest absolute Gasteiger partial charge is 0.260 e. The van der Waals surface area contributed by atoms with Gasteiger partial charge in [-0.1, -0.05) is 0 Å². The molecule has 3 fully saturated rings. The summed E-state index contributed by atoms with van der Waals surface area (Å²) in [6.45, 7) is 2.88. The molecule has 0 unspecified atom stereocenters. The second-order valence-electron chi connectivity index (χ2n) is 10.7. The van der Waals surface area contributed by atoms with Crippen molar-refractivity contribution in [3.8, 4) is 0 Å². The highest BCUT2D eigenvalue weighted by molar-refractivity contribution is 7.92. The molecule has 11 nitrogen and oxygen atoms in total. The Morgan fingerprint density at radius 2 is 1.67 bits per heavy atom. The molecule has 2 aliphatic heterocycles. The first-order chi connectivity index (χ1) is 18.5. The number of alkyl halides is 2. The molecule has 14 heteroatoms. The Kier molecular flexibility index (Phi) is 7.35. The predicted octanol–water partition coefficient (Wildman–Crippen LogP) is 2.78. The average Bonchev–Trinajstić information content (AvgIpc) is 3.62. The largest absolute Gasteiger partial charge is 0.395 e. The van der Waals surface area contributed by atoms with Gasteiger partial charge >= 0.3 is 0 Å². The summed E-state index contributed by atoms with van der Waals surface area (Å²) in [4.78, 5) is 30.2. The van der Waals surface area contributed by atoms with Gasteiger partial charge < -0.3 is 20.2 Å². The zero-order valence-electron chi connectivity index (χ0n) is 21.8. The zero-order chi connectivity index (χ0) is 27.8. The highest BCUT2D eigenvalue weighted by Gasteiger charge is 2.44. The lowest BCUT2D eigenvalue weighted by atomic mass is 9.93. The summed E-state index contributed by atoms with van der Waals surface area (Å²) in [7, 11) is -3.80. The van der Waals surface area contributed by atoms with Crippen molar-refractivity contribution in [3.05, 3.63) is 29.6 Å². The molecule has 1 aliphatic carbocycles. The van der Waals surface area contributed by atoms with Crippen LogP contribution >= 0.6 is 0 Å². The molecule has 1 saturated carbocycles. The van der Waals surface area contributed by atoms with Crippen LogP contribution in [0.1, 0.15) is 54.6 Å². The molecule has 0 atom stereocenters. The summed E-state index contributed by atoms with van der Waals surface area (Å²) in [5.41, 5.74) is 1.77. The molecule has 4 heterocycles. The van der Waals surface area contributed by atoms with Crippen LogP contribution in [0.2, 0.25) is 0 Å². The zero-order valence-corrected chi connectivity index (χ0v) is 22.6. The molecule has 5 rings (SSSR count). The quantitative estimate of drug-likeness (QED) is 0.441. The van der Waals surface area contributed by atoms with Gasteiger partial charge in [0.1, 0.15) is 11.6 Å². The summed E-state index contributed by atoms with van der Waals surface area (Å²) in [5.74, 6) is -3.09. The van der Waals surface area contributed by atoms with Crippen molar-refractivity contribution in [1.82, 2.24) is 15.0 Å². The second kappa shape index (κ2) is 10.5. The van der Waals surface area contributed by atoms with Gasteiger partial charge in [-0.15, -0.1) is 0 Å². The minimum atomic E-state index is -3.80. The maximum Gasteiger partial charge on any atom is 0.260 e. The molecular formula is C25H33F2N7O4S. The lowest BCUT2D eigenvalue weighted by Crippen LogP contribution is -2.40. The van der Waals surface area contributed by atoms with E-state index in [2.05, 4.69) is 29.9 Å². The van der Waals surface area contributed by atoms with E-state index in [1.807, 2.05) is 0 Å². The third kappa shape index (κ3) is 6.55. The number of aliphatic hydroxyl groups is 1. The fraction of sp³-hybridized carbons (Fsp3) is 0.600. The lowest BCUT2D eigenvalue weighted by molar-refractivity contribution is -0.0222. The number of anilines is 4. The van der Waals surface area contributed by atoms with E-state index in [0.717, 1.165) is 25.9 Å². The minimum absolute atomic E-state index is 0.0591. The number of rotatable bonds is 8. The maximum atomic E-state index is 13.6. The molecule has 2 saturated heterocycles. The van der Waals surface area contributed by atoms with Crippen molar-refractivity contribution in [2.24, 2.45) is 5.41 Å². The van der Waals surface area contributed by atoms with Gasteiger partial charge in [0.25, 0.3) is 11.8 Å². The van der Waals surface area contributed by atoms with Crippen LogP contribution in [-0.2, 0) is 10.0 Å². The number of amides is 1. The van der Waals surface area contributed by atoms with Crippen molar-refractivity contribution in [3.63, 3.8) is 0 Å². The van der Waals surface area contributed by atoms with Crippen LogP contribution in [0.15, 0.2) is 18.3 Å². The molecule has 212 valence electrons. The summed E-state index contributed by atoms with van der Waals surface area (Å²) in [5, 5.41) is 11.8. The molecule has 0 radical (unpaired) electrons. The van der Waals surface area contributed by atoms with Crippen molar-refractivity contribution in [2.75, 3.05) is 58.4 Å². The van der Waals surface area contributed by atoms with E-state index in [1.54, 1.807) is 24.0 Å². The number of nitrogens with zero attached hydrogens (tertiary/aromatic N) is 5. The first-order valence-electron chi connectivity index (χ1n) is 13.1. The number of halogens is 2. The van der Waals surface area contributed by atoms with Gasteiger partial charge in [0.15, 0.2) is 0 Å². The molecular weight excluding hydrogens is 532 g/mol. The van der Waals surface area contributed by atoms with Crippen molar-refractivity contribution in [2.45, 2.75) is 51.4 Å². The number of aryl methyl sites for hydroxylation is 1. The molecule has 3 aliphatic rings. The van der Waals surface area contributed by atoms with Crippen molar-refractivity contribution >= 4 is 39.2 Å². The summed E-state index contributed by atoms with van der Waals surface area (Å²) >= 11 is 0. The highest BCUT2D eigenvalue weighted by atomic mass is 32.2. The summed E-state index contributed by atoms with van der Waals surface area (Å²) in [6, 6.07) is 3.14. The fourth-order valence-corrected chi connectivity index (χ4v) is 5.91. The Labute approximate surface area is 226 Å². The monoisotopic (exact) mass is 565 g/mol. The number of aromatic nitrogens is 3. The number of pyridine rings is 1. The summed E-state index contributed by atoms with van der Waals surface area (Å²) in [6.07, 6.45) is 5.15. The molecule has 2 aromatic heterocycles. The van der Waals surface area contributed by atoms with Crippen LogP contribution in [0.25, 0.3) is 0 Å². The Bertz CT molecular complexity index is 1330. The summed E-state index contributed by atoms with van der Waals surface area (Å²) < 4.78 is 54.0. The fourth-order valence-electron chi connectivity index (χ4n) is 5.14. The topological polar surface area (TPSA) is 141 Å². The number of nitrogens with one attached hydrogen (secondary N) is 2. The standard InChI is InChI=1S/C25H33F2N7O4S/c1-17-14-21(31-23(29-17)34-10-6-25(26,27)7-11-34)30-22(36)18-16-28-20(32-39(37,38)13-12-35)15-19(18)33-8-4-24(2-3-24)5-9-33/h14-16,35H,2-13H2,1H3,(H,28,32)(H,29,30,31,36). The van der Waals surface area contributed by atoms with Gasteiger partial charge in [0.05, 0.1) is 23.6 Å². The number of hydrogen-bond donors (Lipinski definition) is 3. The van der Waals surface area contributed by atoms with Crippen LogP contribution in [0.3, 0.4) is 0 Å². The Morgan fingerprint density at radius 3 is 2.31 bits per heavy atom. The normalized spacial score (nSPS) is 20.1.